The van der Waals surface area contributed by atoms with Crippen molar-refractivity contribution >= 4 is 0 Å². The second-order valence-corrected chi connectivity index (χ2v) is 2.21. The van der Waals surface area contributed by atoms with E-state index in [4.69, 9.17) is 0 Å². The molecule has 0 amide bonds. The Bertz CT molecular complexity index is 34.6. The SMILES string of the molecule is CC[CH-]CC.CC[CH-]CC.[2HH].[CH3-].[CH3-].[Y].[Y]. The van der Waals surface area contributed by atoms with Crippen molar-refractivity contribution in [2.45, 2.75) is 53.4 Å². The first-order chi connectivity index (χ1) is 4.83. The molecule has 0 aromatic rings. The second kappa shape index (κ2) is 45.6. The van der Waals surface area contributed by atoms with E-state index in [9.17, 15) is 0 Å². The molecule has 0 aromatic carbocycles. The van der Waals surface area contributed by atoms with Crippen LogP contribution in [0.3, 0.4) is 0 Å². The molecule has 0 heterocycles. The fraction of sp³-hybridized carbons (Fsp3) is 0.667. The van der Waals surface area contributed by atoms with Crippen LogP contribution in [0.4, 0.5) is 0 Å². The Hall–Kier alpha value is 2.21. The molecule has 0 aromatic heterocycles. The average Bonchev–Trinajstić information content (AvgIpc) is 1.93. The first-order valence-electron chi connectivity index (χ1n) is 4.46. The van der Waals surface area contributed by atoms with Crippen LogP contribution in [0, 0.1) is 27.7 Å². The van der Waals surface area contributed by atoms with Gasteiger partial charge in [-0.2, -0.15) is 25.7 Å². The maximum Gasteiger partial charge on any atom is 0 e. The molecule has 0 saturated carbocycles. The Morgan fingerprint density at radius 1 is 0.643 bits per heavy atom. The molecule has 0 unspecified atom stereocenters. The van der Waals surface area contributed by atoms with Gasteiger partial charge in [0, 0.05) is 66.8 Å². The average molecular weight is 353 g/mol. The van der Waals surface area contributed by atoms with Gasteiger partial charge >= 0.3 is 0 Å². The van der Waals surface area contributed by atoms with Crippen molar-refractivity contribution in [3.63, 3.8) is 0 Å². The van der Waals surface area contributed by atoms with E-state index in [0.29, 0.717) is 0 Å². The molecule has 0 rings (SSSR count). The zero-order valence-electron chi connectivity index (χ0n) is 11.1. The molecular weight excluding hydrogens is 322 g/mol. The smallest absolute Gasteiger partial charge is 0 e. The molecule has 88 valence electrons. The van der Waals surface area contributed by atoms with Crippen LogP contribution in [-0.2, 0) is 65.4 Å². The van der Waals surface area contributed by atoms with Gasteiger partial charge in [-0.1, -0.05) is 27.7 Å². The quantitative estimate of drug-likeness (QED) is 0.612. The Kier molecular flexibility index (Phi) is 117. The summed E-state index contributed by atoms with van der Waals surface area (Å²) in [6.45, 7) is 8.62. The summed E-state index contributed by atoms with van der Waals surface area (Å²) in [6.07, 6.45) is 9.38. The molecule has 0 atom stereocenters. The minimum absolute atomic E-state index is 0. The Labute approximate surface area is 146 Å². The summed E-state index contributed by atoms with van der Waals surface area (Å²) in [5, 5.41) is 0. The molecule has 0 bridgehead atoms. The third-order valence-electron chi connectivity index (χ3n) is 1.15. The molecule has 0 aliphatic rings. The summed E-state index contributed by atoms with van der Waals surface area (Å²) in [7, 11) is 0. The zero-order valence-corrected chi connectivity index (χ0v) is 16.8. The summed E-state index contributed by atoms with van der Waals surface area (Å²) in [4.78, 5) is 0. The molecule has 14 heavy (non-hydrogen) atoms. The van der Waals surface area contributed by atoms with E-state index < -0.39 is 0 Å². The van der Waals surface area contributed by atoms with Crippen LogP contribution in [0.25, 0.3) is 0 Å². The molecule has 0 saturated heterocycles. The second-order valence-electron chi connectivity index (χ2n) is 2.21. The van der Waals surface area contributed by atoms with Gasteiger partial charge in [-0.3, -0.25) is 0 Å². The summed E-state index contributed by atoms with van der Waals surface area (Å²) in [6, 6.07) is 0. The van der Waals surface area contributed by atoms with E-state index >= 15 is 0 Å². The maximum absolute atomic E-state index is 2.25. The maximum atomic E-state index is 2.25. The Morgan fingerprint density at radius 2 is 0.786 bits per heavy atom. The molecule has 0 aliphatic carbocycles. The zero-order chi connectivity index (χ0) is 8.24. The first-order valence-corrected chi connectivity index (χ1v) is 4.46. The largest absolute Gasteiger partial charge is 0.358 e. The van der Waals surface area contributed by atoms with Gasteiger partial charge in [0.2, 0.25) is 0 Å². The molecule has 0 N–H and O–H groups in total. The van der Waals surface area contributed by atoms with E-state index in [-0.39, 0.29) is 81.7 Å². The molecule has 0 aliphatic heterocycles. The van der Waals surface area contributed by atoms with Crippen molar-refractivity contribution in [1.29, 1.82) is 0 Å². The number of rotatable bonds is 4. The van der Waals surface area contributed by atoms with Gasteiger partial charge in [-0.05, 0) is 0 Å². The summed E-state index contributed by atoms with van der Waals surface area (Å²) in [5.74, 6) is 0. The van der Waals surface area contributed by atoms with Gasteiger partial charge in [0.25, 0.3) is 0 Å². The van der Waals surface area contributed by atoms with Crippen LogP contribution in [0.2, 0.25) is 0 Å². The van der Waals surface area contributed by atoms with Crippen molar-refractivity contribution in [2.75, 3.05) is 0 Å². The van der Waals surface area contributed by atoms with E-state index in [0.717, 1.165) is 0 Å². The van der Waals surface area contributed by atoms with Crippen molar-refractivity contribution in [3.8, 4) is 0 Å². The fourth-order valence-electron chi connectivity index (χ4n) is 0.577. The van der Waals surface area contributed by atoms with Crippen LogP contribution in [-0.4, -0.2) is 0 Å². The van der Waals surface area contributed by atoms with Crippen LogP contribution < -0.4 is 0 Å². The minimum atomic E-state index is 0. The van der Waals surface area contributed by atoms with Gasteiger partial charge in [0.1, 0.15) is 0 Å². The Balaban J connectivity index is -0.0000000128. The van der Waals surface area contributed by atoms with E-state index in [1.54, 1.807) is 0 Å². The van der Waals surface area contributed by atoms with E-state index in [1.165, 1.54) is 25.7 Å². The summed E-state index contributed by atoms with van der Waals surface area (Å²) < 4.78 is 0. The van der Waals surface area contributed by atoms with Crippen LogP contribution in [0.1, 0.15) is 54.8 Å². The van der Waals surface area contributed by atoms with E-state index in [2.05, 4.69) is 40.5 Å². The standard InChI is InChI=1S/2C5H11.2CH3.2Y.H2/c2*1-3-5-4-2;;;;;/h2*5H,3-4H2,1-2H3;2*1H3;;;1H/q4*-1;;;/i;;;;;;1+1. The number of hydrogen-bond acceptors (Lipinski definition) is 0. The third kappa shape index (κ3) is 64.3. The van der Waals surface area contributed by atoms with Crippen LogP contribution in [0.15, 0.2) is 0 Å². The van der Waals surface area contributed by atoms with Gasteiger partial charge in [0.05, 0.1) is 0 Å². The fourth-order valence-corrected chi connectivity index (χ4v) is 0.577. The van der Waals surface area contributed by atoms with Crippen molar-refractivity contribution < 1.29 is 66.8 Å². The predicted octanol–water partition coefficient (Wildman–Crippen LogP) is 5.16. The third-order valence-corrected chi connectivity index (χ3v) is 1.15. The van der Waals surface area contributed by atoms with Gasteiger partial charge in [-0.15, -0.1) is 0 Å². The van der Waals surface area contributed by atoms with Crippen molar-refractivity contribution in [3.05, 3.63) is 27.7 Å². The summed E-state index contributed by atoms with van der Waals surface area (Å²) >= 11 is 0. The van der Waals surface area contributed by atoms with E-state index in [1.807, 2.05) is 0 Å². The molecular formula is C12H30Y2-4. The normalized spacial score (nSPS) is 6.00. The Morgan fingerprint density at radius 3 is 0.786 bits per heavy atom. The molecule has 2 heteroatoms. The minimum Gasteiger partial charge on any atom is -0.358 e. The molecule has 0 fully saturated rings. The predicted molar refractivity (Wildman–Crippen MR) is 64.7 cm³/mol. The van der Waals surface area contributed by atoms with Gasteiger partial charge in [0.15, 0.2) is 0 Å². The molecule has 2 radical (unpaired) electrons. The summed E-state index contributed by atoms with van der Waals surface area (Å²) in [5.41, 5.74) is 0. The van der Waals surface area contributed by atoms with Gasteiger partial charge in [-0.25, -0.2) is 0 Å². The topological polar surface area (TPSA) is 0 Å². The van der Waals surface area contributed by atoms with Crippen molar-refractivity contribution in [1.82, 2.24) is 0 Å². The van der Waals surface area contributed by atoms with Crippen LogP contribution >= 0.6 is 0 Å². The molecule has 0 nitrogen and oxygen atoms in total. The monoisotopic (exact) mass is 353 g/mol. The van der Waals surface area contributed by atoms with Crippen molar-refractivity contribution in [2.24, 2.45) is 0 Å². The first kappa shape index (κ1) is 36.0. The molecule has 0 spiro atoms. The van der Waals surface area contributed by atoms with Gasteiger partial charge < -0.3 is 27.7 Å². The number of hydrogen-bond donors (Lipinski definition) is 0. The van der Waals surface area contributed by atoms with Crippen LogP contribution in [0.5, 0.6) is 0 Å². The number of unbranched alkanes of at least 4 members (excludes halogenated alkanes) is 4.